The van der Waals surface area contributed by atoms with E-state index in [2.05, 4.69) is 243 Å². The molecule has 10 aromatic carbocycles. The Morgan fingerprint density at radius 2 is 0.810 bits per heavy atom. The summed E-state index contributed by atoms with van der Waals surface area (Å²) in [7, 11) is 0. The fraction of sp³-hybridized carbons (Fsp3) is 0.0645. The first kappa shape index (κ1) is 36.0. The van der Waals surface area contributed by atoms with Crippen LogP contribution in [0.2, 0.25) is 0 Å². The zero-order valence-corrected chi connectivity index (χ0v) is 35.3. The maximum Gasteiger partial charge on any atom is 0.0746 e. The van der Waals surface area contributed by atoms with E-state index in [1.165, 1.54) is 105 Å². The Labute approximate surface area is 369 Å². The summed E-state index contributed by atoms with van der Waals surface area (Å²) in [6.45, 7) is 4.73. The number of rotatable bonds is 5. The first-order chi connectivity index (χ1) is 31.0. The van der Waals surface area contributed by atoms with Crippen LogP contribution >= 0.6 is 0 Å². The summed E-state index contributed by atoms with van der Waals surface area (Å²) in [5.74, 6) is 0. The van der Waals surface area contributed by atoms with E-state index in [0.29, 0.717) is 0 Å². The number of benzene rings is 10. The van der Waals surface area contributed by atoms with Crippen LogP contribution in [0.3, 0.4) is 0 Å². The van der Waals surface area contributed by atoms with Crippen molar-refractivity contribution in [3.63, 3.8) is 0 Å². The minimum absolute atomic E-state index is 0.0841. The van der Waals surface area contributed by atoms with Gasteiger partial charge in [0.1, 0.15) is 0 Å². The second-order valence-electron chi connectivity index (χ2n) is 18.0. The van der Waals surface area contributed by atoms with Gasteiger partial charge < -0.3 is 4.90 Å². The van der Waals surface area contributed by atoms with Crippen molar-refractivity contribution in [3.05, 3.63) is 258 Å². The smallest absolute Gasteiger partial charge is 0.0746 e. The normalized spacial score (nSPS) is 14.1. The highest BCUT2D eigenvalue weighted by atomic mass is 15.1. The Kier molecular flexibility index (Phi) is 7.64. The number of fused-ring (bicyclic) bond motifs is 14. The molecule has 0 N–H and O–H groups in total. The van der Waals surface area contributed by atoms with Gasteiger partial charge in [0.25, 0.3) is 0 Å². The quantitative estimate of drug-likeness (QED) is 0.168. The maximum absolute atomic E-state index is 2.53. The average molecular weight is 802 g/mol. The van der Waals surface area contributed by atoms with Gasteiger partial charge in [-0.3, -0.25) is 0 Å². The second-order valence-corrected chi connectivity index (χ2v) is 18.0. The average Bonchev–Trinajstić information content (AvgIpc) is 3.90. The van der Waals surface area contributed by atoms with Gasteiger partial charge in [0.15, 0.2) is 0 Å². The van der Waals surface area contributed by atoms with Crippen LogP contribution < -0.4 is 4.90 Å². The lowest BCUT2D eigenvalue weighted by atomic mass is 9.70. The van der Waals surface area contributed by atoms with Gasteiger partial charge in [-0.2, -0.15) is 0 Å². The molecular formula is C62H43N. The predicted molar refractivity (Wildman–Crippen MR) is 263 cm³/mol. The molecule has 0 unspecified atom stereocenters. The minimum Gasteiger partial charge on any atom is -0.310 e. The van der Waals surface area contributed by atoms with Gasteiger partial charge in [0.05, 0.1) is 11.1 Å². The molecule has 13 rings (SSSR count). The molecule has 0 atom stereocenters. The van der Waals surface area contributed by atoms with Gasteiger partial charge in [-0.15, -0.1) is 0 Å². The fourth-order valence-corrected chi connectivity index (χ4v) is 11.7. The molecule has 3 aliphatic rings. The van der Waals surface area contributed by atoms with Crippen molar-refractivity contribution in [2.24, 2.45) is 0 Å². The molecule has 0 heterocycles. The molecule has 1 heteroatoms. The van der Waals surface area contributed by atoms with E-state index >= 15 is 0 Å². The van der Waals surface area contributed by atoms with Gasteiger partial charge in [-0.25, -0.2) is 0 Å². The van der Waals surface area contributed by atoms with Crippen LogP contribution in [0, 0.1) is 0 Å². The summed E-state index contributed by atoms with van der Waals surface area (Å²) in [6, 6.07) is 84.1. The lowest BCUT2D eigenvalue weighted by Crippen LogP contribution is -2.28. The third-order valence-electron chi connectivity index (χ3n) is 14.5. The summed E-state index contributed by atoms with van der Waals surface area (Å²) in [6.07, 6.45) is 0. The predicted octanol–water partition coefficient (Wildman–Crippen LogP) is 16.3. The van der Waals surface area contributed by atoms with Crippen LogP contribution in [0.15, 0.2) is 224 Å². The van der Waals surface area contributed by atoms with Crippen LogP contribution in [0.1, 0.15) is 47.2 Å². The van der Waals surface area contributed by atoms with Crippen molar-refractivity contribution in [3.8, 4) is 55.6 Å². The summed E-state index contributed by atoms with van der Waals surface area (Å²) in [4.78, 5) is 2.53. The Morgan fingerprint density at radius 1 is 0.317 bits per heavy atom. The molecular weight excluding hydrogens is 759 g/mol. The van der Waals surface area contributed by atoms with E-state index in [4.69, 9.17) is 0 Å². The molecule has 296 valence electrons. The van der Waals surface area contributed by atoms with Crippen LogP contribution in [0.4, 0.5) is 17.1 Å². The van der Waals surface area contributed by atoms with E-state index in [-0.39, 0.29) is 5.41 Å². The topological polar surface area (TPSA) is 3.24 Å². The number of hydrogen-bond acceptors (Lipinski definition) is 1. The third-order valence-corrected chi connectivity index (χ3v) is 14.5. The van der Waals surface area contributed by atoms with Crippen molar-refractivity contribution in [2.75, 3.05) is 4.90 Å². The molecule has 0 aliphatic heterocycles. The van der Waals surface area contributed by atoms with Crippen LogP contribution in [-0.2, 0) is 10.8 Å². The molecule has 63 heavy (non-hydrogen) atoms. The number of nitrogens with zero attached hydrogens (tertiary/aromatic N) is 1. The first-order valence-corrected chi connectivity index (χ1v) is 22.2. The van der Waals surface area contributed by atoms with E-state index < -0.39 is 5.41 Å². The molecule has 0 bridgehead atoms. The molecule has 0 aromatic heterocycles. The first-order valence-electron chi connectivity index (χ1n) is 22.2. The van der Waals surface area contributed by atoms with Crippen molar-refractivity contribution in [1.29, 1.82) is 0 Å². The highest BCUT2D eigenvalue weighted by Crippen LogP contribution is 2.65. The molecule has 0 saturated heterocycles. The largest absolute Gasteiger partial charge is 0.310 e. The minimum atomic E-state index is -0.505. The van der Waals surface area contributed by atoms with Crippen molar-refractivity contribution in [2.45, 2.75) is 24.7 Å². The molecule has 0 fully saturated rings. The molecule has 1 spiro atoms. The standard InChI is InChI=1S/C62H43N/c1-61(2)54-27-9-5-21-48(54)52-37-34-43(39-58(52)61)42-18-13-19-45(38-42)63(44-35-32-41(33-36-44)47-25-14-17-40-16-3-4-20-46(40)47)59-31-15-26-53-51-24-8-12-30-57(51)62(60(53)59)55-28-10-6-22-49(55)50-23-7-11-29-56(50)62/h3-39H,1-2H3. The van der Waals surface area contributed by atoms with Gasteiger partial charge in [0, 0.05) is 22.4 Å². The van der Waals surface area contributed by atoms with Gasteiger partial charge in [0.2, 0.25) is 0 Å². The monoisotopic (exact) mass is 801 g/mol. The zero-order valence-electron chi connectivity index (χ0n) is 35.3. The Balaban J connectivity index is 1.05. The summed E-state index contributed by atoms with van der Waals surface area (Å²) < 4.78 is 0. The Hall–Kier alpha value is -7.74. The second kappa shape index (κ2) is 13.4. The van der Waals surface area contributed by atoms with E-state index in [9.17, 15) is 0 Å². The maximum atomic E-state index is 2.53. The van der Waals surface area contributed by atoms with Gasteiger partial charge >= 0.3 is 0 Å². The number of anilines is 3. The van der Waals surface area contributed by atoms with Crippen molar-refractivity contribution >= 4 is 27.8 Å². The summed E-state index contributed by atoms with van der Waals surface area (Å²) >= 11 is 0. The third kappa shape index (κ3) is 4.99. The Bertz CT molecular complexity index is 3430. The van der Waals surface area contributed by atoms with E-state index in [1.54, 1.807) is 0 Å². The van der Waals surface area contributed by atoms with Crippen LogP contribution in [0.25, 0.3) is 66.4 Å². The summed E-state index contributed by atoms with van der Waals surface area (Å²) in [5, 5.41) is 2.51. The fourth-order valence-electron chi connectivity index (χ4n) is 11.7. The molecule has 0 amide bonds. The molecule has 1 nitrogen and oxygen atoms in total. The van der Waals surface area contributed by atoms with Crippen molar-refractivity contribution in [1.82, 2.24) is 0 Å². The molecule has 0 saturated carbocycles. The molecule has 3 aliphatic carbocycles. The number of hydrogen-bond donors (Lipinski definition) is 0. The SMILES string of the molecule is CC1(C)c2ccccc2-c2ccc(-c3cccc(N(c4ccc(-c5cccc6ccccc56)cc4)c4cccc5c4C4(c6ccccc6-c6ccccc64)c4ccccc4-5)c3)cc21. The highest BCUT2D eigenvalue weighted by Gasteiger charge is 2.53. The van der Waals surface area contributed by atoms with E-state index in [1.807, 2.05) is 0 Å². The highest BCUT2D eigenvalue weighted by molar-refractivity contribution is 6.01. The lowest BCUT2D eigenvalue weighted by molar-refractivity contribution is 0.660. The summed E-state index contributed by atoms with van der Waals surface area (Å²) in [5.41, 5.74) is 23.7. The van der Waals surface area contributed by atoms with Crippen molar-refractivity contribution < 1.29 is 0 Å². The van der Waals surface area contributed by atoms with E-state index in [0.717, 1.165) is 11.4 Å². The molecule has 0 radical (unpaired) electrons. The molecule has 10 aromatic rings. The zero-order chi connectivity index (χ0) is 41.9. The van der Waals surface area contributed by atoms with Gasteiger partial charge in [-0.05, 0) is 131 Å². The van der Waals surface area contributed by atoms with Crippen LogP contribution in [-0.4, -0.2) is 0 Å². The lowest BCUT2D eigenvalue weighted by Gasteiger charge is -2.36. The van der Waals surface area contributed by atoms with Gasteiger partial charge in [-0.1, -0.05) is 202 Å². The Morgan fingerprint density at radius 3 is 1.52 bits per heavy atom. The van der Waals surface area contributed by atoms with Crippen LogP contribution in [0.5, 0.6) is 0 Å².